The van der Waals surface area contributed by atoms with Gasteiger partial charge in [0.05, 0.1) is 10.6 Å². The first-order valence-corrected chi connectivity index (χ1v) is 7.68. The van der Waals surface area contributed by atoms with Crippen LogP contribution < -0.4 is 5.73 Å². The van der Waals surface area contributed by atoms with E-state index in [0.29, 0.717) is 16.4 Å². The number of hydrogen-bond acceptors (Lipinski definition) is 4. The quantitative estimate of drug-likeness (QED) is 0.811. The van der Waals surface area contributed by atoms with Gasteiger partial charge < -0.3 is 10.8 Å². The highest BCUT2D eigenvalue weighted by Gasteiger charge is 2.40. The topological polar surface area (TPSA) is 62.4 Å². The number of aliphatic hydroxyl groups is 1. The number of aromatic nitrogens is 1. The molecule has 0 aromatic carbocycles. The number of rotatable bonds is 7. The van der Waals surface area contributed by atoms with Crippen LogP contribution in [0.5, 0.6) is 0 Å². The lowest BCUT2D eigenvalue weighted by molar-refractivity contribution is -0.0363. The SMILES string of the molecule is CCN(CC)C(CC)(CC)C(O)c1cc(Cl)cnc1N. The molecular formula is C15H26ClN3O. The minimum atomic E-state index is -0.705. The smallest absolute Gasteiger partial charge is 0.129 e. The molecule has 0 saturated carbocycles. The first kappa shape index (κ1) is 17.2. The predicted octanol–water partition coefficient (Wildman–Crippen LogP) is 3.25. The van der Waals surface area contributed by atoms with Crippen LogP contribution in [-0.4, -0.2) is 33.6 Å². The van der Waals surface area contributed by atoms with Gasteiger partial charge in [-0.3, -0.25) is 4.90 Å². The molecule has 0 aliphatic heterocycles. The third-order valence-corrected chi connectivity index (χ3v) is 4.54. The number of halogens is 1. The van der Waals surface area contributed by atoms with E-state index in [1.54, 1.807) is 6.07 Å². The summed E-state index contributed by atoms with van der Waals surface area (Å²) in [4.78, 5) is 6.35. The predicted molar refractivity (Wildman–Crippen MR) is 84.9 cm³/mol. The van der Waals surface area contributed by atoms with Crippen LogP contribution >= 0.6 is 11.6 Å². The normalized spacial score (nSPS) is 13.8. The fourth-order valence-corrected chi connectivity index (χ4v) is 3.25. The number of pyridine rings is 1. The van der Waals surface area contributed by atoms with Gasteiger partial charge in [0.1, 0.15) is 11.9 Å². The molecule has 4 nitrogen and oxygen atoms in total. The van der Waals surface area contributed by atoms with E-state index in [-0.39, 0.29) is 5.54 Å². The Kier molecular flexibility index (Phi) is 6.24. The molecule has 1 unspecified atom stereocenters. The van der Waals surface area contributed by atoms with E-state index in [9.17, 15) is 5.11 Å². The highest BCUT2D eigenvalue weighted by atomic mass is 35.5. The zero-order valence-corrected chi connectivity index (χ0v) is 13.6. The standard InChI is InChI=1S/C15H26ClN3O/c1-5-15(6-2,19(7-3)8-4)13(20)12-9-11(16)10-18-14(12)17/h9-10,13,20H,5-8H2,1-4H3,(H2,17,18). The van der Waals surface area contributed by atoms with Crippen molar-refractivity contribution in [3.8, 4) is 0 Å². The Morgan fingerprint density at radius 1 is 1.30 bits per heavy atom. The largest absolute Gasteiger partial charge is 0.386 e. The minimum Gasteiger partial charge on any atom is -0.386 e. The summed E-state index contributed by atoms with van der Waals surface area (Å²) in [6, 6.07) is 1.72. The van der Waals surface area contributed by atoms with Gasteiger partial charge in [-0.1, -0.05) is 39.3 Å². The number of likely N-dealkylation sites (N-methyl/N-ethyl adjacent to an activating group) is 1. The number of nitrogens with two attached hydrogens (primary N) is 1. The maximum Gasteiger partial charge on any atom is 0.129 e. The maximum atomic E-state index is 10.9. The lowest BCUT2D eigenvalue weighted by Gasteiger charge is -2.46. The Bertz CT molecular complexity index is 431. The fraction of sp³-hybridized carbons (Fsp3) is 0.667. The molecule has 1 aromatic heterocycles. The van der Waals surface area contributed by atoms with Gasteiger partial charge in [-0.2, -0.15) is 0 Å². The molecule has 0 aliphatic rings. The van der Waals surface area contributed by atoms with Gasteiger partial charge in [-0.15, -0.1) is 0 Å². The lowest BCUT2D eigenvalue weighted by atomic mass is 9.81. The molecule has 1 rings (SSSR count). The van der Waals surface area contributed by atoms with Crippen molar-refractivity contribution in [3.05, 3.63) is 22.8 Å². The Morgan fingerprint density at radius 3 is 2.30 bits per heavy atom. The van der Waals surface area contributed by atoms with E-state index < -0.39 is 6.10 Å². The molecule has 1 heterocycles. The molecule has 0 spiro atoms. The van der Waals surface area contributed by atoms with Gasteiger partial charge in [0.25, 0.3) is 0 Å². The Morgan fingerprint density at radius 2 is 1.85 bits per heavy atom. The Labute approximate surface area is 126 Å². The van der Waals surface area contributed by atoms with Crippen LogP contribution in [0.4, 0.5) is 5.82 Å². The Balaban J connectivity index is 3.29. The monoisotopic (exact) mass is 299 g/mol. The molecule has 0 amide bonds. The van der Waals surface area contributed by atoms with Crippen LogP contribution in [-0.2, 0) is 0 Å². The van der Waals surface area contributed by atoms with Crippen LogP contribution in [0.1, 0.15) is 52.2 Å². The van der Waals surface area contributed by atoms with Gasteiger partial charge in [0.15, 0.2) is 0 Å². The molecule has 1 aromatic rings. The molecule has 0 radical (unpaired) electrons. The van der Waals surface area contributed by atoms with Crippen LogP contribution in [0.25, 0.3) is 0 Å². The zero-order valence-electron chi connectivity index (χ0n) is 12.9. The second-order valence-electron chi connectivity index (χ2n) is 5.01. The van der Waals surface area contributed by atoms with Crippen molar-refractivity contribution in [3.63, 3.8) is 0 Å². The second-order valence-corrected chi connectivity index (χ2v) is 5.45. The first-order chi connectivity index (χ1) is 9.46. The molecule has 0 aliphatic carbocycles. The number of nitrogen functional groups attached to an aromatic ring is 1. The second kappa shape index (κ2) is 7.25. The molecular weight excluding hydrogens is 274 g/mol. The van der Waals surface area contributed by atoms with Crippen LogP contribution in [0.15, 0.2) is 12.3 Å². The van der Waals surface area contributed by atoms with E-state index in [1.807, 2.05) is 0 Å². The van der Waals surface area contributed by atoms with Crippen molar-refractivity contribution in [2.24, 2.45) is 0 Å². The highest BCUT2D eigenvalue weighted by molar-refractivity contribution is 6.30. The summed E-state index contributed by atoms with van der Waals surface area (Å²) in [5.41, 5.74) is 6.21. The van der Waals surface area contributed by atoms with Gasteiger partial charge >= 0.3 is 0 Å². The highest BCUT2D eigenvalue weighted by Crippen LogP contribution is 2.39. The van der Waals surface area contributed by atoms with Gasteiger partial charge in [0.2, 0.25) is 0 Å². The summed E-state index contributed by atoms with van der Waals surface area (Å²) >= 11 is 6.00. The van der Waals surface area contributed by atoms with Gasteiger partial charge in [0, 0.05) is 11.8 Å². The molecule has 0 bridgehead atoms. The maximum absolute atomic E-state index is 10.9. The van der Waals surface area contributed by atoms with Crippen molar-refractivity contribution in [2.75, 3.05) is 18.8 Å². The van der Waals surface area contributed by atoms with E-state index in [4.69, 9.17) is 17.3 Å². The minimum absolute atomic E-state index is 0.343. The summed E-state index contributed by atoms with van der Waals surface area (Å²) in [6.45, 7) is 10.2. The van der Waals surface area contributed by atoms with Crippen molar-refractivity contribution < 1.29 is 5.11 Å². The van der Waals surface area contributed by atoms with Crippen LogP contribution in [0.3, 0.4) is 0 Å². The molecule has 114 valence electrons. The summed E-state index contributed by atoms with van der Waals surface area (Å²) < 4.78 is 0. The molecule has 3 N–H and O–H groups in total. The average Bonchev–Trinajstić information content (AvgIpc) is 2.46. The van der Waals surface area contributed by atoms with Crippen molar-refractivity contribution in [1.29, 1.82) is 0 Å². The molecule has 20 heavy (non-hydrogen) atoms. The first-order valence-electron chi connectivity index (χ1n) is 7.30. The van der Waals surface area contributed by atoms with Crippen molar-refractivity contribution in [1.82, 2.24) is 9.88 Å². The van der Waals surface area contributed by atoms with Gasteiger partial charge in [-0.25, -0.2) is 4.98 Å². The summed E-state index contributed by atoms with van der Waals surface area (Å²) in [7, 11) is 0. The fourth-order valence-electron chi connectivity index (χ4n) is 3.08. The zero-order chi connectivity index (χ0) is 15.3. The molecule has 0 saturated heterocycles. The third-order valence-electron chi connectivity index (χ3n) is 4.34. The molecule has 1 atom stereocenters. The van der Waals surface area contributed by atoms with Crippen LogP contribution in [0.2, 0.25) is 5.02 Å². The number of anilines is 1. The molecule has 5 heteroatoms. The molecule has 0 fully saturated rings. The van der Waals surface area contributed by atoms with Crippen LogP contribution in [0, 0.1) is 0 Å². The van der Waals surface area contributed by atoms with E-state index in [2.05, 4.69) is 37.6 Å². The lowest BCUT2D eigenvalue weighted by Crippen LogP contribution is -2.52. The summed E-state index contributed by atoms with van der Waals surface area (Å²) in [5, 5.41) is 11.4. The summed E-state index contributed by atoms with van der Waals surface area (Å²) in [6.07, 6.45) is 2.46. The van der Waals surface area contributed by atoms with E-state index in [0.717, 1.165) is 25.9 Å². The third kappa shape index (κ3) is 3.08. The number of hydrogen-bond donors (Lipinski definition) is 2. The number of nitrogens with zero attached hydrogens (tertiary/aromatic N) is 2. The van der Waals surface area contributed by atoms with E-state index in [1.165, 1.54) is 6.20 Å². The average molecular weight is 300 g/mol. The summed E-state index contributed by atoms with van der Waals surface area (Å²) in [5.74, 6) is 0.348. The van der Waals surface area contributed by atoms with Crippen molar-refractivity contribution >= 4 is 17.4 Å². The van der Waals surface area contributed by atoms with Gasteiger partial charge in [-0.05, 0) is 32.0 Å². The van der Waals surface area contributed by atoms with E-state index >= 15 is 0 Å². The van der Waals surface area contributed by atoms with Crippen molar-refractivity contribution in [2.45, 2.75) is 52.2 Å². The number of aliphatic hydroxyl groups excluding tert-OH is 1. The Hall–Kier alpha value is -0.840.